The largest absolute Gasteiger partial charge is 0.346 e. The maximum absolute atomic E-state index is 11.8. The number of nitrogens with zero attached hydrogens (tertiary/aromatic N) is 1. The predicted molar refractivity (Wildman–Crippen MR) is 82.3 cm³/mol. The van der Waals surface area contributed by atoms with Crippen molar-refractivity contribution in [2.45, 2.75) is 26.8 Å². The van der Waals surface area contributed by atoms with Gasteiger partial charge in [-0.3, -0.25) is 19.7 Å². The lowest BCUT2D eigenvalue weighted by atomic mass is 10.1. The zero-order valence-corrected chi connectivity index (χ0v) is 12.8. The molecule has 8 nitrogen and oxygen atoms in total. The van der Waals surface area contributed by atoms with Crippen LogP contribution in [0.25, 0.3) is 0 Å². The molecule has 2 amide bonds. The molecule has 0 heterocycles. The Balaban J connectivity index is 2.64. The quantitative estimate of drug-likeness (QED) is 0.532. The summed E-state index contributed by atoms with van der Waals surface area (Å²) in [6.07, 6.45) is 0. The molecule has 0 aromatic heterocycles. The molecule has 1 rings (SSSR count). The fourth-order valence-corrected chi connectivity index (χ4v) is 1.64. The molecule has 0 fully saturated rings. The van der Waals surface area contributed by atoms with Gasteiger partial charge in [0, 0.05) is 12.1 Å². The maximum Gasteiger partial charge on any atom is 0.271 e. The highest BCUT2D eigenvalue weighted by molar-refractivity contribution is 5.96. The number of hydrogen-bond donors (Lipinski definition) is 3. The Labute approximate surface area is 128 Å². The Morgan fingerprint density at radius 3 is 2.55 bits per heavy atom. The number of carbonyl (C=O) groups excluding carboxylic acids is 2. The Kier molecular flexibility index (Phi) is 6.00. The van der Waals surface area contributed by atoms with Crippen molar-refractivity contribution >= 4 is 23.2 Å². The lowest BCUT2D eigenvalue weighted by Gasteiger charge is -2.15. The first-order valence-corrected chi connectivity index (χ1v) is 6.80. The van der Waals surface area contributed by atoms with Crippen LogP contribution in [0.4, 0.5) is 11.4 Å². The minimum Gasteiger partial charge on any atom is -0.346 e. The zero-order valence-electron chi connectivity index (χ0n) is 12.8. The van der Waals surface area contributed by atoms with Crippen LogP contribution in [-0.2, 0) is 9.59 Å². The van der Waals surface area contributed by atoms with Gasteiger partial charge in [-0.1, -0.05) is 19.9 Å². The predicted octanol–water partition coefficient (Wildman–Crippen LogP) is 0.941. The second kappa shape index (κ2) is 7.51. The molecule has 0 radical (unpaired) electrons. The summed E-state index contributed by atoms with van der Waals surface area (Å²) in [5.74, 6) is -0.934. The monoisotopic (exact) mass is 308 g/mol. The average molecular weight is 308 g/mol. The molecule has 0 aliphatic carbocycles. The van der Waals surface area contributed by atoms with Gasteiger partial charge in [0.1, 0.15) is 0 Å². The third kappa shape index (κ3) is 4.81. The highest BCUT2D eigenvalue weighted by Gasteiger charge is 2.18. The number of benzene rings is 1. The van der Waals surface area contributed by atoms with E-state index in [1.807, 2.05) is 0 Å². The van der Waals surface area contributed by atoms with Crippen molar-refractivity contribution in [2.24, 2.45) is 11.7 Å². The topological polar surface area (TPSA) is 127 Å². The van der Waals surface area contributed by atoms with Crippen LogP contribution in [0, 0.1) is 23.0 Å². The molecule has 0 spiro atoms. The summed E-state index contributed by atoms with van der Waals surface area (Å²) in [7, 11) is 0. The van der Waals surface area contributed by atoms with Crippen LogP contribution in [0.2, 0.25) is 0 Å². The first-order valence-electron chi connectivity index (χ1n) is 6.80. The summed E-state index contributed by atoms with van der Waals surface area (Å²) in [6.45, 7) is 5.07. The molecular weight excluding hydrogens is 288 g/mol. The van der Waals surface area contributed by atoms with Crippen molar-refractivity contribution in [1.29, 1.82) is 0 Å². The fraction of sp³-hybridized carbons (Fsp3) is 0.429. The van der Waals surface area contributed by atoms with Crippen LogP contribution in [0.5, 0.6) is 0 Å². The normalized spacial score (nSPS) is 11.9. The number of hydrogen-bond acceptors (Lipinski definition) is 5. The lowest BCUT2D eigenvalue weighted by molar-refractivity contribution is -0.384. The number of non-ortho nitro benzene ring substituents is 1. The van der Waals surface area contributed by atoms with Crippen molar-refractivity contribution in [2.75, 3.05) is 11.9 Å². The van der Waals surface area contributed by atoms with Crippen LogP contribution in [-0.4, -0.2) is 29.3 Å². The number of nitrogens with one attached hydrogen (secondary N) is 2. The molecule has 1 aromatic rings. The van der Waals surface area contributed by atoms with E-state index in [2.05, 4.69) is 10.6 Å². The van der Waals surface area contributed by atoms with Gasteiger partial charge in [0.2, 0.25) is 11.8 Å². The first kappa shape index (κ1) is 17.6. The lowest BCUT2D eigenvalue weighted by Crippen LogP contribution is -2.46. The smallest absolute Gasteiger partial charge is 0.271 e. The van der Waals surface area contributed by atoms with E-state index in [-0.39, 0.29) is 18.2 Å². The third-order valence-electron chi connectivity index (χ3n) is 3.15. The number of carbonyl (C=O) groups is 2. The minimum absolute atomic E-state index is 0.0397. The summed E-state index contributed by atoms with van der Waals surface area (Å²) < 4.78 is 0. The fourth-order valence-electron chi connectivity index (χ4n) is 1.64. The molecule has 4 N–H and O–H groups in total. The molecule has 0 aliphatic heterocycles. The number of anilines is 1. The summed E-state index contributed by atoms with van der Waals surface area (Å²) in [4.78, 5) is 33.6. The Morgan fingerprint density at radius 2 is 2.00 bits per heavy atom. The van der Waals surface area contributed by atoms with Crippen LogP contribution in [0.1, 0.15) is 19.4 Å². The van der Waals surface area contributed by atoms with Gasteiger partial charge in [0.15, 0.2) is 0 Å². The number of amides is 2. The van der Waals surface area contributed by atoms with E-state index in [4.69, 9.17) is 5.73 Å². The third-order valence-corrected chi connectivity index (χ3v) is 3.15. The van der Waals surface area contributed by atoms with Gasteiger partial charge in [-0.15, -0.1) is 0 Å². The van der Waals surface area contributed by atoms with E-state index in [1.54, 1.807) is 26.8 Å². The molecule has 1 aromatic carbocycles. The van der Waals surface area contributed by atoms with E-state index < -0.39 is 22.8 Å². The van der Waals surface area contributed by atoms with Crippen LogP contribution < -0.4 is 16.4 Å². The van der Waals surface area contributed by atoms with Gasteiger partial charge in [-0.25, -0.2) is 0 Å². The molecule has 0 unspecified atom stereocenters. The molecular formula is C14H20N4O4. The number of aryl methyl sites for hydroxylation is 1. The van der Waals surface area contributed by atoms with Gasteiger partial charge in [0.25, 0.3) is 5.69 Å². The van der Waals surface area contributed by atoms with Crippen LogP contribution in [0.3, 0.4) is 0 Å². The summed E-state index contributed by atoms with van der Waals surface area (Å²) in [6, 6.07) is 3.48. The van der Waals surface area contributed by atoms with Crippen LogP contribution >= 0.6 is 0 Å². The Morgan fingerprint density at radius 1 is 1.36 bits per heavy atom. The number of nitro groups is 1. The van der Waals surface area contributed by atoms with Gasteiger partial charge >= 0.3 is 0 Å². The van der Waals surface area contributed by atoms with Crippen molar-refractivity contribution in [3.8, 4) is 0 Å². The van der Waals surface area contributed by atoms with E-state index in [0.717, 1.165) is 0 Å². The Hall–Kier alpha value is -2.48. The highest BCUT2D eigenvalue weighted by atomic mass is 16.6. The van der Waals surface area contributed by atoms with Crippen LogP contribution in [0.15, 0.2) is 18.2 Å². The van der Waals surface area contributed by atoms with Crippen molar-refractivity contribution in [1.82, 2.24) is 5.32 Å². The molecule has 120 valence electrons. The Bertz CT molecular complexity index is 586. The molecule has 8 heteroatoms. The second-order valence-corrected chi connectivity index (χ2v) is 5.29. The minimum atomic E-state index is -0.688. The average Bonchev–Trinajstić information content (AvgIpc) is 2.45. The van der Waals surface area contributed by atoms with Gasteiger partial charge in [-0.2, -0.15) is 0 Å². The highest BCUT2D eigenvalue weighted by Crippen LogP contribution is 2.21. The molecule has 22 heavy (non-hydrogen) atoms. The van der Waals surface area contributed by atoms with Gasteiger partial charge in [0.05, 0.1) is 23.2 Å². The van der Waals surface area contributed by atoms with Gasteiger partial charge in [-0.05, 0) is 18.4 Å². The summed E-state index contributed by atoms with van der Waals surface area (Å²) in [5.41, 5.74) is 6.56. The van der Waals surface area contributed by atoms with E-state index in [0.29, 0.717) is 11.3 Å². The first-order chi connectivity index (χ1) is 10.2. The van der Waals surface area contributed by atoms with E-state index in [1.165, 1.54) is 12.1 Å². The van der Waals surface area contributed by atoms with E-state index in [9.17, 15) is 19.7 Å². The molecule has 0 aliphatic rings. The maximum atomic E-state index is 11.8. The molecule has 0 saturated heterocycles. The molecule has 1 atom stereocenters. The summed E-state index contributed by atoms with van der Waals surface area (Å²) >= 11 is 0. The number of rotatable bonds is 6. The second-order valence-electron chi connectivity index (χ2n) is 5.29. The van der Waals surface area contributed by atoms with Crippen molar-refractivity contribution < 1.29 is 14.5 Å². The standard InChI is InChI=1S/C14H20N4O4/c1-8(2)13(15)14(20)16-7-12(19)17-11-6-10(18(21)22)5-4-9(11)3/h4-6,8,13H,7,15H2,1-3H3,(H,16,20)(H,17,19)/t13-/m0/s1. The van der Waals surface area contributed by atoms with Crippen molar-refractivity contribution in [3.05, 3.63) is 33.9 Å². The molecule has 0 saturated carbocycles. The molecule has 0 bridgehead atoms. The van der Waals surface area contributed by atoms with E-state index >= 15 is 0 Å². The number of nitro benzene ring substituents is 1. The SMILES string of the molecule is Cc1ccc([N+](=O)[O-])cc1NC(=O)CNC(=O)[C@@H](N)C(C)C. The zero-order chi connectivity index (χ0) is 16.9. The number of nitrogens with two attached hydrogens (primary N) is 1. The summed E-state index contributed by atoms with van der Waals surface area (Å²) in [5, 5.41) is 15.7. The van der Waals surface area contributed by atoms with Gasteiger partial charge < -0.3 is 16.4 Å². The van der Waals surface area contributed by atoms with Crippen molar-refractivity contribution in [3.63, 3.8) is 0 Å².